The van der Waals surface area contributed by atoms with Crippen molar-refractivity contribution in [1.82, 2.24) is 10.6 Å². The molecule has 0 radical (unpaired) electrons. The van der Waals surface area contributed by atoms with Crippen LogP contribution in [0, 0.1) is 0 Å². The van der Waals surface area contributed by atoms with Crippen LogP contribution in [0.2, 0.25) is 0 Å². The molecule has 128 valence electrons. The minimum Gasteiger partial charge on any atom is -0.477 e. The Labute approximate surface area is 145 Å². The Morgan fingerprint density at radius 2 is 1.52 bits per heavy atom. The average molecular weight is 338 g/mol. The van der Waals surface area contributed by atoms with Crippen molar-refractivity contribution in [3.8, 4) is 0 Å². The zero-order valence-electron chi connectivity index (χ0n) is 13.4. The molecule has 25 heavy (non-hydrogen) atoms. The molecule has 6 heteroatoms. The van der Waals surface area contributed by atoms with Gasteiger partial charge in [0.25, 0.3) is 5.91 Å². The molecule has 0 unspecified atom stereocenters. The molecule has 2 aromatic rings. The molecule has 0 spiro atoms. The molecular formula is C19H18N2O4. The predicted molar refractivity (Wildman–Crippen MR) is 92.8 cm³/mol. The highest BCUT2D eigenvalue weighted by Gasteiger charge is 2.23. The highest BCUT2D eigenvalue weighted by Crippen LogP contribution is 2.06. The molecule has 0 aromatic heterocycles. The second kappa shape index (κ2) is 8.44. The standard InChI is InChI=1S/C19H18N2O4/c1-13(19(24)25)20-18(23)16(12-14-8-4-2-5-9-14)21-17(22)15-10-6-3-7-11-15/h2-11,16H,1,12H2,(H,20,23)(H,21,22)(H,24,25)/t16-/m0/s1. The molecule has 0 heterocycles. The van der Waals surface area contributed by atoms with E-state index in [1.165, 1.54) is 0 Å². The van der Waals surface area contributed by atoms with Crippen LogP contribution in [-0.2, 0) is 16.0 Å². The normalized spacial score (nSPS) is 11.2. The number of amides is 2. The Kier molecular flexibility index (Phi) is 6.06. The lowest BCUT2D eigenvalue weighted by Crippen LogP contribution is -2.48. The van der Waals surface area contributed by atoms with Crippen molar-refractivity contribution < 1.29 is 19.5 Å². The third-order valence-corrected chi connectivity index (χ3v) is 3.47. The molecule has 0 aliphatic carbocycles. The van der Waals surface area contributed by atoms with E-state index in [0.717, 1.165) is 5.56 Å². The topological polar surface area (TPSA) is 95.5 Å². The molecule has 0 saturated heterocycles. The molecule has 0 fully saturated rings. The fourth-order valence-corrected chi connectivity index (χ4v) is 2.18. The number of rotatable bonds is 7. The van der Waals surface area contributed by atoms with Gasteiger partial charge in [-0.3, -0.25) is 9.59 Å². The predicted octanol–water partition coefficient (Wildman–Crippen LogP) is 1.74. The van der Waals surface area contributed by atoms with Crippen LogP contribution in [-0.4, -0.2) is 28.9 Å². The van der Waals surface area contributed by atoms with Crippen LogP contribution in [0.5, 0.6) is 0 Å². The zero-order valence-corrected chi connectivity index (χ0v) is 13.4. The Morgan fingerprint density at radius 1 is 0.960 bits per heavy atom. The maximum Gasteiger partial charge on any atom is 0.351 e. The molecule has 1 atom stereocenters. The monoisotopic (exact) mass is 338 g/mol. The van der Waals surface area contributed by atoms with Gasteiger partial charge in [-0.1, -0.05) is 55.1 Å². The summed E-state index contributed by atoms with van der Waals surface area (Å²) in [6, 6.07) is 16.6. The smallest absolute Gasteiger partial charge is 0.351 e. The van der Waals surface area contributed by atoms with Gasteiger partial charge < -0.3 is 15.7 Å². The highest BCUT2D eigenvalue weighted by atomic mass is 16.4. The molecule has 2 rings (SSSR count). The Morgan fingerprint density at radius 3 is 2.08 bits per heavy atom. The summed E-state index contributed by atoms with van der Waals surface area (Å²) in [5.74, 6) is -2.39. The van der Waals surface area contributed by atoms with Crippen LogP contribution in [0.25, 0.3) is 0 Å². The van der Waals surface area contributed by atoms with E-state index in [4.69, 9.17) is 5.11 Å². The molecule has 2 aromatic carbocycles. The zero-order chi connectivity index (χ0) is 18.2. The Bertz CT molecular complexity index is 773. The number of carboxylic acids is 1. The molecule has 0 aliphatic heterocycles. The van der Waals surface area contributed by atoms with E-state index >= 15 is 0 Å². The summed E-state index contributed by atoms with van der Waals surface area (Å²) in [6.07, 6.45) is 0.220. The fourth-order valence-electron chi connectivity index (χ4n) is 2.18. The fraction of sp³-hybridized carbons (Fsp3) is 0.105. The van der Waals surface area contributed by atoms with Gasteiger partial charge in [0.2, 0.25) is 5.91 Å². The number of carboxylic acid groups (broad SMARTS) is 1. The van der Waals surface area contributed by atoms with Crippen molar-refractivity contribution >= 4 is 17.8 Å². The quantitative estimate of drug-likeness (QED) is 0.670. The van der Waals surface area contributed by atoms with Crippen molar-refractivity contribution in [1.29, 1.82) is 0 Å². The first-order valence-electron chi connectivity index (χ1n) is 7.60. The number of nitrogens with one attached hydrogen (secondary N) is 2. The lowest BCUT2D eigenvalue weighted by molar-refractivity contribution is -0.134. The lowest BCUT2D eigenvalue weighted by Gasteiger charge is -2.18. The first-order chi connectivity index (χ1) is 12.0. The van der Waals surface area contributed by atoms with E-state index in [1.54, 1.807) is 30.3 Å². The van der Waals surface area contributed by atoms with Gasteiger partial charge in [0, 0.05) is 12.0 Å². The van der Waals surface area contributed by atoms with Crippen molar-refractivity contribution in [2.45, 2.75) is 12.5 Å². The van der Waals surface area contributed by atoms with Gasteiger partial charge in [-0.05, 0) is 17.7 Å². The summed E-state index contributed by atoms with van der Waals surface area (Å²) >= 11 is 0. The lowest BCUT2D eigenvalue weighted by atomic mass is 10.0. The van der Waals surface area contributed by atoms with Crippen LogP contribution in [0.15, 0.2) is 72.9 Å². The second-order valence-electron chi connectivity index (χ2n) is 5.35. The van der Waals surface area contributed by atoms with E-state index in [1.807, 2.05) is 30.3 Å². The van der Waals surface area contributed by atoms with Crippen molar-refractivity contribution in [3.05, 3.63) is 84.1 Å². The maximum atomic E-state index is 12.4. The van der Waals surface area contributed by atoms with E-state index in [0.29, 0.717) is 5.56 Å². The van der Waals surface area contributed by atoms with Gasteiger partial charge in [0.1, 0.15) is 11.7 Å². The van der Waals surface area contributed by atoms with Gasteiger partial charge in [-0.15, -0.1) is 0 Å². The van der Waals surface area contributed by atoms with Crippen LogP contribution in [0.3, 0.4) is 0 Å². The van der Waals surface area contributed by atoms with Crippen molar-refractivity contribution in [2.24, 2.45) is 0 Å². The Balaban J connectivity index is 2.16. The van der Waals surface area contributed by atoms with Gasteiger partial charge in [0.15, 0.2) is 0 Å². The first-order valence-corrected chi connectivity index (χ1v) is 7.60. The van der Waals surface area contributed by atoms with Gasteiger partial charge in [-0.25, -0.2) is 4.79 Å². The van der Waals surface area contributed by atoms with Crippen LogP contribution in [0.1, 0.15) is 15.9 Å². The number of aliphatic carboxylic acids is 1. The summed E-state index contributed by atoms with van der Waals surface area (Å²) in [5.41, 5.74) is 0.791. The second-order valence-corrected chi connectivity index (χ2v) is 5.35. The average Bonchev–Trinajstić information content (AvgIpc) is 2.62. The third-order valence-electron chi connectivity index (χ3n) is 3.47. The maximum absolute atomic E-state index is 12.4. The minimum atomic E-state index is -1.33. The van der Waals surface area contributed by atoms with Gasteiger partial charge >= 0.3 is 5.97 Å². The summed E-state index contributed by atoms with van der Waals surface area (Å²) in [4.78, 5) is 35.6. The summed E-state index contributed by atoms with van der Waals surface area (Å²) in [6.45, 7) is 3.28. The molecule has 3 N–H and O–H groups in total. The molecule has 0 aliphatic rings. The van der Waals surface area contributed by atoms with Gasteiger partial charge in [-0.2, -0.15) is 0 Å². The van der Waals surface area contributed by atoms with E-state index in [2.05, 4.69) is 17.2 Å². The van der Waals surface area contributed by atoms with Crippen LogP contribution in [0.4, 0.5) is 0 Å². The van der Waals surface area contributed by atoms with Gasteiger partial charge in [0.05, 0.1) is 0 Å². The van der Waals surface area contributed by atoms with Crippen molar-refractivity contribution in [3.63, 3.8) is 0 Å². The first kappa shape index (κ1) is 17.9. The largest absolute Gasteiger partial charge is 0.477 e. The summed E-state index contributed by atoms with van der Waals surface area (Å²) in [5, 5.41) is 13.7. The number of carbonyl (C=O) groups excluding carboxylic acids is 2. The number of carbonyl (C=O) groups is 3. The Hall–Kier alpha value is -3.41. The van der Waals surface area contributed by atoms with Crippen molar-refractivity contribution in [2.75, 3.05) is 0 Å². The van der Waals surface area contributed by atoms with E-state index in [9.17, 15) is 14.4 Å². The number of benzene rings is 2. The number of hydrogen-bond donors (Lipinski definition) is 3. The molecular weight excluding hydrogens is 320 g/mol. The molecule has 2 amide bonds. The minimum absolute atomic E-state index is 0.220. The number of hydrogen-bond acceptors (Lipinski definition) is 3. The third kappa shape index (κ3) is 5.31. The highest BCUT2D eigenvalue weighted by molar-refractivity contribution is 5.99. The summed E-state index contributed by atoms with van der Waals surface area (Å²) < 4.78 is 0. The van der Waals surface area contributed by atoms with Crippen LogP contribution < -0.4 is 10.6 Å². The SMILES string of the molecule is C=C(NC(=O)[C@H](Cc1ccccc1)NC(=O)c1ccccc1)C(=O)O. The molecule has 0 saturated carbocycles. The molecule has 6 nitrogen and oxygen atoms in total. The van der Waals surface area contributed by atoms with E-state index < -0.39 is 29.5 Å². The molecule has 0 bridgehead atoms. The summed E-state index contributed by atoms with van der Waals surface area (Å²) in [7, 11) is 0. The van der Waals surface area contributed by atoms with E-state index in [-0.39, 0.29) is 6.42 Å². The van der Waals surface area contributed by atoms with Crippen LogP contribution >= 0.6 is 0 Å².